The van der Waals surface area contributed by atoms with E-state index in [0.717, 1.165) is 11.1 Å². The molecule has 0 saturated heterocycles. The highest BCUT2D eigenvalue weighted by Gasteiger charge is 2.14. The number of nitro benzene ring substituents is 1. The van der Waals surface area contributed by atoms with E-state index in [1.165, 1.54) is 12.1 Å². The number of nitrogens with zero attached hydrogens (tertiary/aromatic N) is 4. The molecule has 28 heavy (non-hydrogen) atoms. The number of anilines is 1. The van der Waals surface area contributed by atoms with Gasteiger partial charge in [-0.3, -0.25) is 10.1 Å². The van der Waals surface area contributed by atoms with Gasteiger partial charge in [0.2, 0.25) is 0 Å². The van der Waals surface area contributed by atoms with E-state index in [-0.39, 0.29) is 12.3 Å². The Labute approximate surface area is 165 Å². The lowest BCUT2D eigenvalue weighted by atomic mass is 10.2. The second-order valence-electron chi connectivity index (χ2n) is 5.64. The quantitative estimate of drug-likeness (QED) is 0.410. The molecule has 0 amide bonds. The van der Waals surface area contributed by atoms with Crippen molar-refractivity contribution >= 4 is 23.2 Å². The van der Waals surface area contributed by atoms with Gasteiger partial charge in [0.25, 0.3) is 11.6 Å². The lowest BCUT2D eigenvalue weighted by Crippen LogP contribution is -2.04. The van der Waals surface area contributed by atoms with Gasteiger partial charge in [-0.15, -0.1) is 5.10 Å². The Morgan fingerprint density at radius 2 is 2.00 bits per heavy atom. The number of hydrogen-bond donors (Lipinski definition) is 2. The summed E-state index contributed by atoms with van der Waals surface area (Å²) in [7, 11) is 0. The maximum atomic E-state index is 10.7. The van der Waals surface area contributed by atoms with Gasteiger partial charge in [0.1, 0.15) is 6.61 Å². The van der Waals surface area contributed by atoms with Crippen molar-refractivity contribution < 1.29 is 14.4 Å². The van der Waals surface area contributed by atoms with E-state index >= 15 is 0 Å². The lowest BCUT2D eigenvalue weighted by Gasteiger charge is -2.15. The maximum Gasteiger partial charge on any atom is 0.269 e. The number of ether oxygens (including phenoxy) is 2. The molecule has 0 fully saturated rings. The number of hydrogen-bond acceptors (Lipinski definition) is 8. The summed E-state index contributed by atoms with van der Waals surface area (Å²) in [5, 5.41) is 27.6. The van der Waals surface area contributed by atoms with E-state index in [9.17, 15) is 10.1 Å². The standard InChI is InChI=1S/C17H17ClN6O4/c1-2-27-15-8-12(9-19-17-20-22-23-21-17)7-14(18)16(15)28-10-11-3-5-13(6-4-11)24(25)26/h3-8H,2,9-10H2,1H3,(H2,19,20,21,22,23). The summed E-state index contributed by atoms with van der Waals surface area (Å²) < 4.78 is 11.5. The van der Waals surface area contributed by atoms with Gasteiger partial charge in [0.15, 0.2) is 11.5 Å². The first-order valence-corrected chi connectivity index (χ1v) is 8.73. The van der Waals surface area contributed by atoms with E-state index < -0.39 is 4.92 Å². The zero-order chi connectivity index (χ0) is 19.9. The SMILES string of the molecule is CCOc1cc(CNc2nn[nH]n2)cc(Cl)c1OCc1ccc([N+](=O)[O-])cc1. The fraction of sp³-hybridized carbons (Fsp3) is 0.235. The highest BCUT2D eigenvalue weighted by molar-refractivity contribution is 6.32. The third kappa shape index (κ3) is 4.86. The first kappa shape index (κ1) is 19.4. The fourth-order valence-corrected chi connectivity index (χ4v) is 2.70. The first-order chi connectivity index (χ1) is 13.6. The van der Waals surface area contributed by atoms with Crippen molar-refractivity contribution in [3.8, 4) is 11.5 Å². The van der Waals surface area contributed by atoms with Gasteiger partial charge in [-0.25, -0.2) is 0 Å². The van der Waals surface area contributed by atoms with Crippen molar-refractivity contribution in [3.63, 3.8) is 0 Å². The molecule has 11 heteroatoms. The summed E-state index contributed by atoms with van der Waals surface area (Å²) in [5.41, 5.74) is 1.64. The van der Waals surface area contributed by atoms with Gasteiger partial charge in [-0.05, 0) is 47.5 Å². The Hall–Kier alpha value is -3.40. The normalized spacial score (nSPS) is 10.5. The highest BCUT2D eigenvalue weighted by Crippen LogP contribution is 2.37. The fourth-order valence-electron chi connectivity index (χ4n) is 2.41. The molecule has 3 aromatic rings. The second-order valence-corrected chi connectivity index (χ2v) is 6.05. The van der Waals surface area contributed by atoms with Crippen molar-refractivity contribution in [1.82, 2.24) is 20.6 Å². The Kier molecular flexibility index (Phi) is 6.22. The van der Waals surface area contributed by atoms with E-state index in [0.29, 0.717) is 35.6 Å². The molecule has 0 spiro atoms. The number of aromatic nitrogens is 4. The zero-order valence-corrected chi connectivity index (χ0v) is 15.6. The van der Waals surface area contributed by atoms with Gasteiger partial charge in [-0.2, -0.15) is 5.21 Å². The third-order valence-corrected chi connectivity index (χ3v) is 3.98. The molecule has 0 saturated carbocycles. The Balaban J connectivity index is 1.72. The average molecular weight is 405 g/mol. The topological polar surface area (TPSA) is 128 Å². The number of aromatic amines is 1. The van der Waals surface area contributed by atoms with Crippen molar-refractivity contribution in [3.05, 3.63) is 62.7 Å². The van der Waals surface area contributed by atoms with Crippen LogP contribution in [-0.2, 0) is 13.2 Å². The minimum absolute atomic E-state index is 0.0234. The lowest BCUT2D eigenvalue weighted by molar-refractivity contribution is -0.384. The van der Waals surface area contributed by atoms with Crippen LogP contribution in [0.25, 0.3) is 0 Å². The average Bonchev–Trinajstić information content (AvgIpc) is 3.20. The van der Waals surface area contributed by atoms with Crippen LogP contribution in [0.2, 0.25) is 5.02 Å². The molecular formula is C17H17ClN6O4. The summed E-state index contributed by atoms with van der Waals surface area (Å²) in [6.07, 6.45) is 0. The number of non-ortho nitro benzene ring substituents is 1. The molecule has 0 aliphatic carbocycles. The molecule has 10 nitrogen and oxygen atoms in total. The number of tetrazole rings is 1. The van der Waals surface area contributed by atoms with Crippen molar-refractivity contribution in [1.29, 1.82) is 0 Å². The minimum atomic E-state index is -0.448. The van der Waals surface area contributed by atoms with Crippen LogP contribution in [0.5, 0.6) is 11.5 Å². The summed E-state index contributed by atoms with van der Waals surface area (Å²) >= 11 is 6.39. The molecule has 0 unspecified atom stereocenters. The van der Waals surface area contributed by atoms with Crippen LogP contribution in [0, 0.1) is 10.1 Å². The Morgan fingerprint density at radius 3 is 2.64 bits per heavy atom. The van der Waals surface area contributed by atoms with E-state index in [4.69, 9.17) is 21.1 Å². The van der Waals surface area contributed by atoms with Crippen molar-refractivity contribution in [2.24, 2.45) is 0 Å². The minimum Gasteiger partial charge on any atom is -0.490 e. The van der Waals surface area contributed by atoms with Crippen molar-refractivity contribution in [2.75, 3.05) is 11.9 Å². The number of H-pyrrole nitrogens is 1. The van der Waals surface area contributed by atoms with Gasteiger partial charge in [-0.1, -0.05) is 16.7 Å². The van der Waals surface area contributed by atoms with Crippen LogP contribution in [0.4, 0.5) is 11.6 Å². The molecule has 0 radical (unpaired) electrons. The van der Waals surface area contributed by atoms with Crippen LogP contribution >= 0.6 is 11.6 Å². The highest BCUT2D eigenvalue weighted by atomic mass is 35.5. The van der Waals surface area contributed by atoms with Gasteiger partial charge < -0.3 is 14.8 Å². The molecule has 146 valence electrons. The molecule has 0 aliphatic rings. The summed E-state index contributed by atoms with van der Waals surface area (Å²) in [5.74, 6) is 1.28. The third-order valence-electron chi connectivity index (χ3n) is 3.70. The van der Waals surface area contributed by atoms with E-state index in [1.807, 2.05) is 13.0 Å². The molecule has 1 heterocycles. The van der Waals surface area contributed by atoms with Crippen LogP contribution in [0.15, 0.2) is 36.4 Å². The number of halogens is 1. The second kappa shape index (κ2) is 9.00. The molecule has 0 atom stereocenters. The molecule has 2 N–H and O–H groups in total. The van der Waals surface area contributed by atoms with Crippen molar-refractivity contribution in [2.45, 2.75) is 20.1 Å². The molecule has 2 aromatic carbocycles. The van der Waals surface area contributed by atoms with E-state index in [2.05, 4.69) is 25.9 Å². The number of benzene rings is 2. The maximum absolute atomic E-state index is 10.7. The van der Waals surface area contributed by atoms with Crippen LogP contribution in [0.1, 0.15) is 18.1 Å². The summed E-state index contributed by atoms with van der Waals surface area (Å²) in [4.78, 5) is 10.3. The van der Waals surface area contributed by atoms with Gasteiger partial charge in [0, 0.05) is 18.7 Å². The van der Waals surface area contributed by atoms with Crippen LogP contribution < -0.4 is 14.8 Å². The number of rotatable bonds is 9. The monoisotopic (exact) mass is 404 g/mol. The summed E-state index contributed by atoms with van der Waals surface area (Å²) in [6, 6.07) is 9.69. The Bertz CT molecular complexity index is 934. The predicted octanol–water partition coefficient (Wildman–Crippen LogP) is 3.35. The van der Waals surface area contributed by atoms with Gasteiger partial charge >= 0.3 is 0 Å². The number of nitrogens with one attached hydrogen (secondary N) is 2. The van der Waals surface area contributed by atoms with Crippen LogP contribution in [-0.4, -0.2) is 32.2 Å². The zero-order valence-electron chi connectivity index (χ0n) is 14.9. The van der Waals surface area contributed by atoms with Crippen LogP contribution in [0.3, 0.4) is 0 Å². The summed E-state index contributed by atoms with van der Waals surface area (Å²) in [6.45, 7) is 2.91. The molecule has 3 rings (SSSR count). The largest absolute Gasteiger partial charge is 0.490 e. The smallest absolute Gasteiger partial charge is 0.269 e. The molecule has 1 aromatic heterocycles. The van der Waals surface area contributed by atoms with E-state index in [1.54, 1.807) is 18.2 Å². The molecular weight excluding hydrogens is 388 g/mol. The molecule has 0 aliphatic heterocycles. The molecule has 0 bridgehead atoms. The first-order valence-electron chi connectivity index (χ1n) is 8.35. The number of nitro groups is 1. The van der Waals surface area contributed by atoms with Gasteiger partial charge in [0.05, 0.1) is 16.6 Å². The predicted molar refractivity (Wildman–Crippen MR) is 102 cm³/mol. The Morgan fingerprint density at radius 1 is 1.21 bits per heavy atom.